The highest BCUT2D eigenvalue weighted by Gasteiger charge is 2.42. The first-order valence-corrected chi connectivity index (χ1v) is 20.4. The zero-order valence-electron chi connectivity index (χ0n) is 27.4. The molecular weight excluding hydrogens is 660 g/mol. The highest BCUT2D eigenvalue weighted by molar-refractivity contribution is 7.90. The Labute approximate surface area is 278 Å². The summed E-state index contributed by atoms with van der Waals surface area (Å²) < 4.78 is 78.1. The molecule has 0 saturated heterocycles. The van der Waals surface area contributed by atoms with E-state index in [0.717, 1.165) is 15.6 Å². The molecule has 0 bridgehead atoms. The topological polar surface area (TPSA) is 119 Å². The number of aryl methyl sites for hydroxylation is 3. The van der Waals surface area contributed by atoms with Crippen LogP contribution in [-0.4, -0.2) is 48.7 Å². The molecule has 9 nitrogen and oxygen atoms in total. The number of carbonyl (C=O) groups excluding carboxylic acids is 1. The monoisotopic (exact) mass is 695 g/mol. The second-order valence-corrected chi connectivity index (χ2v) is 20.5. The van der Waals surface area contributed by atoms with E-state index in [1.54, 1.807) is 54.8 Å². The summed E-state index contributed by atoms with van der Waals surface area (Å²) in [6.45, 7) is 12.1. The maximum atomic E-state index is 13.9. The van der Waals surface area contributed by atoms with Crippen LogP contribution in [-0.2, 0) is 26.3 Å². The van der Waals surface area contributed by atoms with Gasteiger partial charge in [0.05, 0.1) is 33.1 Å². The smallest absolute Gasteiger partial charge is 0.361 e. The van der Waals surface area contributed by atoms with Crippen molar-refractivity contribution >= 4 is 45.9 Å². The molecule has 0 radical (unpaired) electrons. The van der Waals surface area contributed by atoms with Gasteiger partial charge in [-0.1, -0.05) is 43.4 Å². The van der Waals surface area contributed by atoms with Gasteiger partial charge in [0.15, 0.2) is 0 Å². The van der Waals surface area contributed by atoms with E-state index in [-0.39, 0.29) is 28.5 Å². The summed E-state index contributed by atoms with van der Waals surface area (Å²) in [5.74, 6) is -2.16. The molecule has 2 heterocycles. The van der Waals surface area contributed by atoms with Crippen molar-refractivity contribution in [2.45, 2.75) is 70.3 Å². The summed E-state index contributed by atoms with van der Waals surface area (Å²) >= 11 is 0. The third kappa shape index (κ3) is 6.89. The third-order valence-electron chi connectivity index (χ3n) is 8.15. The van der Waals surface area contributed by atoms with Gasteiger partial charge in [-0.15, -0.1) is 0 Å². The Morgan fingerprint density at radius 1 is 1.04 bits per heavy atom. The van der Waals surface area contributed by atoms with Gasteiger partial charge in [0, 0.05) is 26.3 Å². The Hall–Kier alpha value is -4.45. The average molecular weight is 696 g/mol. The van der Waals surface area contributed by atoms with E-state index in [1.807, 2.05) is 6.92 Å². The number of nitrogens with zero attached hydrogens (tertiary/aromatic N) is 4. The predicted octanol–water partition coefficient (Wildman–Crippen LogP) is 7.11. The number of ether oxygens (including phenoxy) is 1. The van der Waals surface area contributed by atoms with E-state index < -0.39 is 36.2 Å². The number of rotatable bonds is 10. The minimum atomic E-state index is -5.23. The lowest BCUT2D eigenvalue weighted by molar-refractivity contribution is -0.174. The summed E-state index contributed by atoms with van der Waals surface area (Å²) in [4.78, 5) is 17.4. The quantitative estimate of drug-likeness (QED) is 0.123. The molecule has 2 aromatic heterocycles. The van der Waals surface area contributed by atoms with E-state index in [1.165, 1.54) is 24.4 Å². The normalized spacial score (nSPS) is 13.2. The van der Waals surface area contributed by atoms with Crippen molar-refractivity contribution in [1.82, 2.24) is 18.8 Å². The summed E-state index contributed by atoms with van der Waals surface area (Å²) in [5.41, 5.74) is 3.56. The largest absolute Gasteiger partial charge is 0.471 e. The van der Waals surface area contributed by atoms with Gasteiger partial charge < -0.3 is 14.6 Å². The van der Waals surface area contributed by atoms with Crippen molar-refractivity contribution in [3.05, 3.63) is 94.4 Å². The van der Waals surface area contributed by atoms with E-state index in [4.69, 9.17) is 4.74 Å². The molecule has 5 rings (SSSR count). The molecule has 0 saturated carbocycles. The highest BCUT2D eigenvalue weighted by atomic mass is 32.2. The molecule has 0 aliphatic heterocycles. The number of carbonyl (C=O) groups is 1. The lowest BCUT2D eigenvalue weighted by atomic mass is 9.94. The van der Waals surface area contributed by atoms with E-state index in [2.05, 4.69) is 36.0 Å². The van der Waals surface area contributed by atoms with Crippen molar-refractivity contribution in [3.8, 4) is 6.07 Å². The SMILES string of the molecule is Cc1ccc(S(=O)(=O)n2ccc3c(C(NC(=O)C(F)(F)F)c4nc5ccc(C#N)cc5n4COCC[Si](C)(C)C)c(C)cc(C)c32)cc1. The molecule has 1 atom stereocenters. The van der Waals surface area contributed by atoms with Gasteiger partial charge in [0.1, 0.15) is 18.6 Å². The molecule has 1 unspecified atom stereocenters. The van der Waals surface area contributed by atoms with Crippen LogP contribution in [0.25, 0.3) is 21.9 Å². The lowest BCUT2D eigenvalue weighted by Gasteiger charge is -2.24. The zero-order valence-corrected chi connectivity index (χ0v) is 29.3. The molecule has 14 heteroatoms. The van der Waals surface area contributed by atoms with Crippen molar-refractivity contribution < 1.29 is 31.1 Å². The molecule has 1 N–H and O–H groups in total. The van der Waals surface area contributed by atoms with Crippen LogP contribution in [0.2, 0.25) is 25.7 Å². The maximum Gasteiger partial charge on any atom is 0.471 e. The van der Waals surface area contributed by atoms with E-state index in [9.17, 15) is 31.6 Å². The van der Waals surface area contributed by atoms with Crippen LogP contribution in [0.4, 0.5) is 13.2 Å². The van der Waals surface area contributed by atoms with Crippen LogP contribution in [0, 0.1) is 32.1 Å². The zero-order chi connectivity index (χ0) is 35.2. The van der Waals surface area contributed by atoms with Gasteiger partial charge in [0.25, 0.3) is 10.0 Å². The number of hydrogen-bond donors (Lipinski definition) is 1. The number of imidazole rings is 1. The first kappa shape index (κ1) is 34.9. The second kappa shape index (κ2) is 12.9. The van der Waals surface area contributed by atoms with Crippen molar-refractivity contribution in [2.24, 2.45) is 0 Å². The molecule has 3 aromatic carbocycles. The van der Waals surface area contributed by atoms with Crippen molar-refractivity contribution in [1.29, 1.82) is 5.26 Å². The second-order valence-electron chi connectivity index (χ2n) is 13.1. The number of halogens is 3. The minimum absolute atomic E-state index is 0.0353. The van der Waals surface area contributed by atoms with Crippen LogP contribution < -0.4 is 5.32 Å². The number of nitrogens with one attached hydrogen (secondary N) is 1. The number of fused-ring (bicyclic) bond motifs is 2. The van der Waals surface area contributed by atoms with Gasteiger partial charge in [-0.25, -0.2) is 17.4 Å². The predicted molar refractivity (Wildman–Crippen MR) is 180 cm³/mol. The molecule has 0 aliphatic carbocycles. The Morgan fingerprint density at radius 3 is 2.35 bits per heavy atom. The number of aromatic nitrogens is 3. The lowest BCUT2D eigenvalue weighted by Crippen LogP contribution is -2.40. The average Bonchev–Trinajstić information content (AvgIpc) is 3.60. The summed E-state index contributed by atoms with van der Waals surface area (Å²) in [7, 11) is -5.60. The van der Waals surface area contributed by atoms with Crippen LogP contribution in [0.1, 0.15) is 39.7 Å². The molecule has 48 heavy (non-hydrogen) atoms. The Bertz CT molecular complexity index is 2180. The van der Waals surface area contributed by atoms with Gasteiger partial charge >= 0.3 is 12.1 Å². The highest BCUT2D eigenvalue weighted by Crippen LogP contribution is 2.37. The number of amides is 1. The molecule has 1 amide bonds. The minimum Gasteiger partial charge on any atom is -0.361 e. The number of benzene rings is 3. The van der Waals surface area contributed by atoms with Crippen LogP contribution in [0.3, 0.4) is 0 Å². The Balaban J connectivity index is 1.76. The molecule has 252 valence electrons. The summed E-state index contributed by atoms with van der Waals surface area (Å²) in [6, 6.07) is 15.7. The van der Waals surface area contributed by atoms with Gasteiger partial charge in [-0.3, -0.25) is 4.79 Å². The molecular formula is C34H36F3N5O4SSi. The Morgan fingerprint density at radius 2 is 1.73 bits per heavy atom. The van der Waals surface area contributed by atoms with Crippen molar-refractivity contribution in [3.63, 3.8) is 0 Å². The van der Waals surface area contributed by atoms with Gasteiger partial charge in [0.2, 0.25) is 0 Å². The first-order valence-electron chi connectivity index (χ1n) is 15.2. The fourth-order valence-corrected chi connectivity index (χ4v) is 7.86. The third-order valence-corrected chi connectivity index (χ3v) is 11.5. The standard InChI is InChI=1S/C34H36F3N5O4SSi/c1-21-7-10-25(11-8-21)47(44,45)42-14-13-26-29(22(2)17-23(3)31(26)42)30(40-33(43)34(35,36)37)32-39-27-12-9-24(19-38)18-28(27)41(32)20-46-15-16-48(4,5)6/h7-14,17-18,30H,15-16,20H2,1-6H3,(H,40,43). The van der Waals surface area contributed by atoms with E-state index >= 15 is 0 Å². The number of alkyl halides is 3. The van der Waals surface area contributed by atoms with Gasteiger partial charge in [-0.2, -0.15) is 18.4 Å². The first-order chi connectivity index (χ1) is 22.4. The maximum absolute atomic E-state index is 13.9. The van der Waals surface area contributed by atoms with Crippen LogP contribution in [0.15, 0.2) is 65.7 Å². The number of hydrogen-bond acceptors (Lipinski definition) is 6. The van der Waals surface area contributed by atoms with Gasteiger partial charge in [-0.05, 0) is 79.9 Å². The fraction of sp³-hybridized carbons (Fsp3) is 0.324. The van der Waals surface area contributed by atoms with E-state index in [0.29, 0.717) is 39.7 Å². The molecule has 0 fully saturated rings. The molecule has 0 aliphatic rings. The summed E-state index contributed by atoms with van der Waals surface area (Å²) in [5, 5.41) is 12.1. The summed E-state index contributed by atoms with van der Waals surface area (Å²) in [6.07, 6.45) is -3.87. The van der Waals surface area contributed by atoms with Crippen LogP contribution >= 0.6 is 0 Å². The molecule has 5 aromatic rings. The number of nitriles is 1. The van der Waals surface area contributed by atoms with Crippen molar-refractivity contribution in [2.75, 3.05) is 6.61 Å². The van der Waals surface area contributed by atoms with Crippen LogP contribution in [0.5, 0.6) is 0 Å². The molecule has 0 spiro atoms. The Kier molecular flexibility index (Phi) is 9.35. The fourth-order valence-electron chi connectivity index (χ4n) is 5.69.